The molecule has 1 aromatic rings. The van der Waals surface area contributed by atoms with Gasteiger partial charge in [0.25, 0.3) is 0 Å². The largest absolute Gasteiger partial charge is 0.312 e. The number of thiazole rings is 1. The molecule has 6 heteroatoms. The molecule has 0 unspecified atom stereocenters. The molecule has 0 aliphatic rings. The number of hydrogen-bond donors (Lipinski definition) is 1. The van der Waals surface area contributed by atoms with E-state index in [-0.39, 0.29) is 5.75 Å². The molecule has 0 aliphatic carbocycles. The van der Waals surface area contributed by atoms with Crippen molar-refractivity contribution >= 4 is 21.2 Å². The highest BCUT2D eigenvalue weighted by molar-refractivity contribution is 7.90. The van der Waals surface area contributed by atoms with Crippen LogP contribution in [0, 0.1) is 6.92 Å². The van der Waals surface area contributed by atoms with Gasteiger partial charge in [0.15, 0.2) is 9.84 Å². The highest BCUT2D eigenvalue weighted by Crippen LogP contribution is 2.19. The number of sulfone groups is 1. The van der Waals surface area contributed by atoms with Crippen molar-refractivity contribution in [3.63, 3.8) is 0 Å². The summed E-state index contributed by atoms with van der Waals surface area (Å²) in [6.45, 7) is 5.78. The van der Waals surface area contributed by atoms with Gasteiger partial charge in [-0.25, -0.2) is 13.4 Å². The van der Waals surface area contributed by atoms with Crippen LogP contribution in [0.15, 0.2) is 0 Å². The first-order chi connectivity index (χ1) is 7.42. The van der Waals surface area contributed by atoms with Crippen LogP contribution in [-0.2, 0) is 22.1 Å². The van der Waals surface area contributed by atoms with Crippen LogP contribution in [0.25, 0.3) is 0 Å². The average Bonchev–Trinajstić information content (AvgIpc) is 2.44. The highest BCUT2D eigenvalue weighted by Gasteiger charge is 2.11. The van der Waals surface area contributed by atoms with Gasteiger partial charge >= 0.3 is 0 Å². The van der Waals surface area contributed by atoms with Crippen LogP contribution in [0.1, 0.15) is 28.9 Å². The summed E-state index contributed by atoms with van der Waals surface area (Å²) < 4.78 is 22.3. The SMILES string of the molecule is CCCNCc1sc(CS(C)(=O)=O)nc1C. The van der Waals surface area contributed by atoms with E-state index in [0.717, 1.165) is 30.1 Å². The summed E-state index contributed by atoms with van der Waals surface area (Å²) in [6, 6.07) is 0. The summed E-state index contributed by atoms with van der Waals surface area (Å²) >= 11 is 1.48. The molecule has 1 heterocycles. The molecule has 0 aromatic carbocycles. The van der Waals surface area contributed by atoms with Crippen molar-refractivity contribution in [1.82, 2.24) is 10.3 Å². The van der Waals surface area contributed by atoms with E-state index >= 15 is 0 Å². The third-order valence-electron chi connectivity index (χ3n) is 2.03. The topological polar surface area (TPSA) is 59.1 Å². The minimum absolute atomic E-state index is 0.0479. The first-order valence-electron chi connectivity index (χ1n) is 5.26. The summed E-state index contributed by atoms with van der Waals surface area (Å²) in [5.41, 5.74) is 0.937. The standard InChI is InChI=1S/C10H18N2O2S2/c1-4-5-11-6-9-8(2)12-10(15-9)7-16(3,13)14/h11H,4-7H2,1-3H3. The van der Waals surface area contributed by atoms with Gasteiger partial charge < -0.3 is 5.32 Å². The van der Waals surface area contributed by atoms with Crippen molar-refractivity contribution in [3.8, 4) is 0 Å². The molecule has 16 heavy (non-hydrogen) atoms. The Morgan fingerprint density at radius 3 is 2.69 bits per heavy atom. The maximum Gasteiger partial charge on any atom is 0.153 e. The van der Waals surface area contributed by atoms with E-state index in [1.165, 1.54) is 17.6 Å². The van der Waals surface area contributed by atoms with Crippen LogP contribution in [0.4, 0.5) is 0 Å². The van der Waals surface area contributed by atoms with Gasteiger partial charge in [-0.15, -0.1) is 11.3 Å². The van der Waals surface area contributed by atoms with Crippen molar-refractivity contribution < 1.29 is 8.42 Å². The molecule has 0 aliphatic heterocycles. The zero-order valence-corrected chi connectivity index (χ0v) is 11.5. The third-order valence-corrected chi connectivity index (χ3v) is 4.17. The quantitative estimate of drug-likeness (QED) is 0.789. The molecule has 0 saturated heterocycles. The fourth-order valence-electron chi connectivity index (χ4n) is 1.32. The second kappa shape index (κ2) is 5.75. The van der Waals surface area contributed by atoms with Gasteiger partial charge in [0, 0.05) is 17.7 Å². The van der Waals surface area contributed by atoms with E-state index in [4.69, 9.17) is 0 Å². The molecule has 0 bridgehead atoms. The summed E-state index contributed by atoms with van der Waals surface area (Å²) in [5.74, 6) is 0.0479. The Labute approximate surface area is 101 Å². The van der Waals surface area contributed by atoms with Crippen LogP contribution >= 0.6 is 11.3 Å². The zero-order valence-electron chi connectivity index (χ0n) is 9.91. The lowest BCUT2D eigenvalue weighted by Gasteiger charge is -1.99. The molecular weight excluding hydrogens is 244 g/mol. The number of aryl methyl sites for hydroxylation is 1. The van der Waals surface area contributed by atoms with Crippen LogP contribution in [0.3, 0.4) is 0 Å². The van der Waals surface area contributed by atoms with Gasteiger partial charge in [0.05, 0.1) is 5.69 Å². The second-order valence-corrected chi connectivity index (χ2v) is 7.17. The molecule has 1 N–H and O–H groups in total. The lowest BCUT2D eigenvalue weighted by Crippen LogP contribution is -2.13. The number of nitrogens with zero attached hydrogens (tertiary/aromatic N) is 1. The Morgan fingerprint density at radius 1 is 1.44 bits per heavy atom. The van der Waals surface area contributed by atoms with Gasteiger partial charge in [0.1, 0.15) is 10.8 Å². The van der Waals surface area contributed by atoms with Crippen molar-refractivity contribution in [3.05, 3.63) is 15.6 Å². The Balaban J connectivity index is 2.66. The summed E-state index contributed by atoms with van der Waals surface area (Å²) in [7, 11) is -2.98. The maximum atomic E-state index is 11.1. The molecule has 0 radical (unpaired) electrons. The van der Waals surface area contributed by atoms with Crippen molar-refractivity contribution in [1.29, 1.82) is 0 Å². The fraction of sp³-hybridized carbons (Fsp3) is 0.700. The van der Waals surface area contributed by atoms with E-state index in [1.54, 1.807) is 0 Å². The fourth-order valence-corrected chi connectivity index (χ4v) is 3.54. The van der Waals surface area contributed by atoms with Gasteiger partial charge in [-0.05, 0) is 19.9 Å². The molecule has 0 atom stereocenters. The van der Waals surface area contributed by atoms with E-state index in [2.05, 4.69) is 17.2 Å². The molecule has 0 amide bonds. The molecule has 1 aromatic heterocycles. The lowest BCUT2D eigenvalue weighted by atomic mass is 10.4. The monoisotopic (exact) mass is 262 g/mol. The second-order valence-electron chi connectivity index (χ2n) is 3.86. The maximum absolute atomic E-state index is 11.1. The number of hydrogen-bond acceptors (Lipinski definition) is 5. The minimum atomic E-state index is -2.98. The predicted molar refractivity (Wildman–Crippen MR) is 67.4 cm³/mol. The van der Waals surface area contributed by atoms with Gasteiger partial charge in [-0.2, -0.15) is 0 Å². The van der Waals surface area contributed by atoms with Gasteiger partial charge in [-0.3, -0.25) is 0 Å². The molecule has 0 fully saturated rings. The Bertz CT molecular complexity index is 438. The average molecular weight is 262 g/mol. The minimum Gasteiger partial charge on any atom is -0.312 e. The first kappa shape index (κ1) is 13.6. The van der Waals surface area contributed by atoms with E-state index < -0.39 is 9.84 Å². The summed E-state index contributed by atoms with van der Waals surface area (Å²) in [6.07, 6.45) is 2.33. The van der Waals surface area contributed by atoms with Gasteiger partial charge in [-0.1, -0.05) is 6.92 Å². The molecule has 92 valence electrons. The zero-order chi connectivity index (χ0) is 12.2. The number of aromatic nitrogens is 1. The summed E-state index contributed by atoms with van der Waals surface area (Å²) in [5, 5.41) is 3.98. The first-order valence-corrected chi connectivity index (χ1v) is 8.13. The van der Waals surface area contributed by atoms with E-state index in [9.17, 15) is 8.42 Å². The van der Waals surface area contributed by atoms with Crippen LogP contribution in [-0.4, -0.2) is 26.2 Å². The van der Waals surface area contributed by atoms with E-state index in [1.807, 2.05) is 6.92 Å². The number of nitrogens with one attached hydrogen (secondary N) is 1. The number of rotatable bonds is 6. The third kappa shape index (κ3) is 4.59. The van der Waals surface area contributed by atoms with Crippen molar-refractivity contribution in [2.24, 2.45) is 0 Å². The smallest absolute Gasteiger partial charge is 0.153 e. The van der Waals surface area contributed by atoms with Crippen LogP contribution in [0.2, 0.25) is 0 Å². The van der Waals surface area contributed by atoms with Crippen molar-refractivity contribution in [2.75, 3.05) is 12.8 Å². The van der Waals surface area contributed by atoms with Crippen LogP contribution < -0.4 is 5.32 Å². The molecule has 0 saturated carbocycles. The Hall–Kier alpha value is -0.460. The molecular formula is C10H18N2O2S2. The highest BCUT2D eigenvalue weighted by atomic mass is 32.2. The van der Waals surface area contributed by atoms with Crippen LogP contribution in [0.5, 0.6) is 0 Å². The summed E-state index contributed by atoms with van der Waals surface area (Å²) in [4.78, 5) is 5.41. The molecule has 4 nitrogen and oxygen atoms in total. The van der Waals surface area contributed by atoms with Gasteiger partial charge in [0.2, 0.25) is 0 Å². The Morgan fingerprint density at radius 2 is 2.12 bits per heavy atom. The molecule has 1 rings (SSSR count). The van der Waals surface area contributed by atoms with E-state index in [0.29, 0.717) is 5.01 Å². The lowest BCUT2D eigenvalue weighted by molar-refractivity contribution is 0.601. The Kier molecular flexibility index (Phi) is 4.89. The van der Waals surface area contributed by atoms with Crippen molar-refractivity contribution in [2.45, 2.75) is 32.6 Å². The predicted octanol–water partition coefficient (Wildman–Crippen LogP) is 1.50. The normalized spacial score (nSPS) is 11.9. The molecule has 0 spiro atoms.